The number of hydrogen-bond acceptors (Lipinski definition) is 5. The molecule has 144 valence electrons. The van der Waals surface area contributed by atoms with Crippen LogP contribution in [-0.4, -0.2) is 29.2 Å². The van der Waals surface area contributed by atoms with Gasteiger partial charge >= 0.3 is 0 Å². The third-order valence-corrected chi connectivity index (χ3v) is 7.61. The summed E-state index contributed by atoms with van der Waals surface area (Å²) in [7, 11) is -7.67. The lowest BCUT2D eigenvalue weighted by molar-refractivity contribution is 0.591. The van der Waals surface area contributed by atoms with Crippen LogP contribution >= 0.6 is 15.9 Å². The molecule has 3 rings (SSSR count). The van der Waals surface area contributed by atoms with Crippen LogP contribution in [0.3, 0.4) is 0 Å². The van der Waals surface area contributed by atoms with Crippen molar-refractivity contribution >= 4 is 47.5 Å². The average molecular weight is 472 g/mol. The number of benzene rings is 2. The molecule has 0 unspecified atom stereocenters. The predicted molar refractivity (Wildman–Crippen MR) is 108 cm³/mol. The number of aryl methyl sites for hydroxylation is 1. The van der Waals surface area contributed by atoms with E-state index in [4.69, 9.17) is 0 Å². The van der Waals surface area contributed by atoms with E-state index in [1.165, 1.54) is 36.4 Å². The van der Waals surface area contributed by atoms with E-state index < -0.39 is 20.0 Å². The molecule has 0 atom stereocenters. The molecule has 0 bridgehead atoms. The van der Waals surface area contributed by atoms with Crippen molar-refractivity contribution in [1.29, 1.82) is 0 Å². The molecule has 27 heavy (non-hydrogen) atoms. The van der Waals surface area contributed by atoms with Crippen molar-refractivity contribution in [2.45, 2.75) is 29.6 Å². The van der Waals surface area contributed by atoms with E-state index in [2.05, 4.69) is 30.4 Å². The Morgan fingerprint density at radius 3 is 2.33 bits per heavy atom. The standard InChI is InChI=1S/C17H18BrN3O4S2/c1-12-10-15(7-8-16(12)18)26(22,23)20-13-4-2-5-14(11-13)27(24,25)21-17-6-3-9-19-17/h2,4-5,7-8,10-11,20H,3,6,9H2,1H3,(H,19,21). The quantitative estimate of drug-likeness (QED) is 0.698. The summed E-state index contributed by atoms with van der Waals surface area (Å²) in [6.45, 7) is 2.39. The fraction of sp³-hybridized carbons (Fsp3) is 0.235. The number of nitrogens with zero attached hydrogens (tertiary/aromatic N) is 1. The largest absolute Gasteiger partial charge is 0.280 e. The van der Waals surface area contributed by atoms with Gasteiger partial charge in [-0.3, -0.25) is 14.4 Å². The van der Waals surface area contributed by atoms with Gasteiger partial charge in [-0.2, -0.15) is 0 Å². The van der Waals surface area contributed by atoms with Gasteiger partial charge in [0.25, 0.3) is 20.0 Å². The maximum absolute atomic E-state index is 12.6. The summed E-state index contributed by atoms with van der Waals surface area (Å²) in [6.07, 6.45) is 1.39. The summed E-state index contributed by atoms with van der Waals surface area (Å²) in [5.74, 6) is 0.423. The molecule has 1 heterocycles. The fourth-order valence-corrected chi connectivity index (χ4v) is 5.08. The Hall–Kier alpha value is -1.91. The zero-order chi connectivity index (χ0) is 19.7. The van der Waals surface area contributed by atoms with Crippen molar-refractivity contribution in [1.82, 2.24) is 4.72 Å². The molecule has 1 aliphatic heterocycles. The van der Waals surface area contributed by atoms with E-state index in [9.17, 15) is 16.8 Å². The topological polar surface area (TPSA) is 105 Å². The lowest BCUT2D eigenvalue weighted by Crippen LogP contribution is -2.29. The summed E-state index contributed by atoms with van der Waals surface area (Å²) in [5.41, 5.74) is 0.933. The number of halogens is 1. The zero-order valence-corrected chi connectivity index (χ0v) is 17.7. The van der Waals surface area contributed by atoms with Crippen LogP contribution < -0.4 is 9.44 Å². The second-order valence-corrected chi connectivity index (χ2v) is 10.3. The molecule has 2 aromatic rings. The normalized spacial score (nSPS) is 14.7. The Kier molecular flexibility index (Phi) is 5.59. The highest BCUT2D eigenvalue weighted by Gasteiger charge is 2.20. The van der Waals surface area contributed by atoms with Crippen molar-refractivity contribution in [2.75, 3.05) is 11.3 Å². The number of amidine groups is 1. The first-order valence-electron chi connectivity index (χ1n) is 8.12. The first-order valence-corrected chi connectivity index (χ1v) is 11.9. The van der Waals surface area contributed by atoms with Crippen molar-refractivity contribution in [2.24, 2.45) is 4.99 Å². The molecule has 10 heteroatoms. The Morgan fingerprint density at radius 1 is 0.963 bits per heavy atom. The van der Waals surface area contributed by atoms with Crippen LogP contribution in [0, 0.1) is 6.92 Å². The fourth-order valence-electron chi connectivity index (χ4n) is 2.56. The third-order valence-electron chi connectivity index (χ3n) is 3.96. The van der Waals surface area contributed by atoms with Gasteiger partial charge in [-0.05, 0) is 55.3 Å². The second-order valence-electron chi connectivity index (χ2n) is 6.08. The van der Waals surface area contributed by atoms with Crippen LogP contribution in [0.5, 0.6) is 0 Å². The van der Waals surface area contributed by atoms with E-state index >= 15 is 0 Å². The first-order chi connectivity index (χ1) is 12.7. The van der Waals surface area contributed by atoms with Gasteiger partial charge in [-0.25, -0.2) is 16.8 Å². The molecular formula is C17H18BrN3O4S2. The lowest BCUT2D eigenvalue weighted by atomic mass is 10.2. The van der Waals surface area contributed by atoms with Crippen molar-refractivity contribution in [3.63, 3.8) is 0 Å². The van der Waals surface area contributed by atoms with E-state index in [1.54, 1.807) is 13.0 Å². The van der Waals surface area contributed by atoms with Gasteiger partial charge in [0.1, 0.15) is 5.84 Å². The molecule has 0 spiro atoms. The van der Waals surface area contributed by atoms with Crippen molar-refractivity contribution < 1.29 is 16.8 Å². The molecular weight excluding hydrogens is 454 g/mol. The van der Waals surface area contributed by atoms with Crippen LogP contribution in [0.2, 0.25) is 0 Å². The lowest BCUT2D eigenvalue weighted by Gasteiger charge is -2.12. The maximum atomic E-state index is 12.6. The van der Waals surface area contributed by atoms with E-state index in [0.717, 1.165) is 16.5 Å². The van der Waals surface area contributed by atoms with Crippen LogP contribution in [0.25, 0.3) is 0 Å². The minimum Gasteiger partial charge on any atom is -0.280 e. The predicted octanol–water partition coefficient (Wildman–Crippen LogP) is 3.03. The van der Waals surface area contributed by atoms with Crippen molar-refractivity contribution in [3.8, 4) is 0 Å². The molecule has 7 nitrogen and oxygen atoms in total. The molecule has 1 aliphatic rings. The smallest absolute Gasteiger partial charge is 0.262 e. The summed E-state index contributed by atoms with van der Waals surface area (Å²) in [4.78, 5) is 4.15. The van der Waals surface area contributed by atoms with Crippen LogP contribution in [-0.2, 0) is 20.0 Å². The zero-order valence-electron chi connectivity index (χ0n) is 14.4. The summed E-state index contributed by atoms with van der Waals surface area (Å²) < 4.78 is 55.8. The number of rotatable bonds is 5. The Bertz CT molecular complexity index is 1110. The summed E-state index contributed by atoms with van der Waals surface area (Å²) >= 11 is 3.33. The van der Waals surface area contributed by atoms with Crippen LogP contribution in [0.15, 0.2) is 61.7 Å². The van der Waals surface area contributed by atoms with Crippen LogP contribution in [0.4, 0.5) is 5.69 Å². The molecule has 0 saturated heterocycles. The number of nitrogens with one attached hydrogen (secondary N) is 2. The molecule has 0 radical (unpaired) electrons. The second kappa shape index (κ2) is 7.61. The SMILES string of the molecule is Cc1cc(S(=O)(=O)Nc2cccc(S(=O)(=O)NC3=NCCC3)c2)ccc1Br. The molecule has 2 aromatic carbocycles. The van der Waals surface area contributed by atoms with Gasteiger partial charge in [0, 0.05) is 17.4 Å². The Balaban J connectivity index is 1.85. The van der Waals surface area contributed by atoms with Gasteiger partial charge in [-0.1, -0.05) is 22.0 Å². The summed E-state index contributed by atoms with van der Waals surface area (Å²) in [6, 6.07) is 10.3. The molecule has 0 aliphatic carbocycles. The average Bonchev–Trinajstić information content (AvgIpc) is 3.09. The number of aliphatic imine (C=N–C) groups is 1. The minimum atomic E-state index is -3.85. The monoisotopic (exact) mass is 471 g/mol. The molecule has 0 aromatic heterocycles. The highest BCUT2D eigenvalue weighted by molar-refractivity contribution is 9.10. The van der Waals surface area contributed by atoms with E-state index in [0.29, 0.717) is 18.8 Å². The third kappa shape index (κ3) is 4.69. The Morgan fingerprint density at radius 2 is 1.67 bits per heavy atom. The number of sulfonamides is 2. The van der Waals surface area contributed by atoms with E-state index in [-0.39, 0.29) is 15.5 Å². The number of hydrogen-bond donors (Lipinski definition) is 2. The van der Waals surface area contributed by atoms with Gasteiger partial charge in [0.2, 0.25) is 0 Å². The molecule has 0 fully saturated rings. The highest BCUT2D eigenvalue weighted by atomic mass is 79.9. The molecule has 0 amide bonds. The van der Waals surface area contributed by atoms with E-state index in [1.807, 2.05) is 0 Å². The highest BCUT2D eigenvalue weighted by Crippen LogP contribution is 2.23. The van der Waals surface area contributed by atoms with Gasteiger partial charge in [0.05, 0.1) is 15.5 Å². The van der Waals surface area contributed by atoms with Crippen molar-refractivity contribution in [3.05, 3.63) is 52.5 Å². The van der Waals surface area contributed by atoms with Crippen LogP contribution in [0.1, 0.15) is 18.4 Å². The molecule has 2 N–H and O–H groups in total. The van der Waals surface area contributed by atoms with Gasteiger partial charge < -0.3 is 0 Å². The van der Waals surface area contributed by atoms with Gasteiger partial charge in [0.15, 0.2) is 0 Å². The maximum Gasteiger partial charge on any atom is 0.262 e. The summed E-state index contributed by atoms with van der Waals surface area (Å²) in [5, 5.41) is 0. The molecule has 0 saturated carbocycles. The number of anilines is 1. The Labute approximate surface area is 167 Å². The minimum absolute atomic E-state index is 0.0377. The van der Waals surface area contributed by atoms with Gasteiger partial charge in [-0.15, -0.1) is 0 Å². The first kappa shape index (κ1) is 19.8.